The number of para-hydroxylation sites is 5. The maximum absolute atomic E-state index is 6.52. The van der Waals surface area contributed by atoms with E-state index in [4.69, 9.17) is 4.42 Å². The molecule has 0 aliphatic heterocycles. The van der Waals surface area contributed by atoms with E-state index in [9.17, 15) is 0 Å². The SMILES string of the molecule is c1ccc(-n2c3ccccc3c3cc(-c4cccc5c4c4ccccc4n5-c4cccc5c4oc4ccccc45)ccc32)cc1. The molecule has 7 aromatic carbocycles. The van der Waals surface area contributed by atoms with Crippen molar-refractivity contribution in [1.29, 1.82) is 0 Å². The predicted molar refractivity (Wildman–Crippen MR) is 188 cm³/mol. The summed E-state index contributed by atoms with van der Waals surface area (Å²) in [6.45, 7) is 0. The van der Waals surface area contributed by atoms with Crippen LogP contribution in [0.25, 0.3) is 88.1 Å². The molecule has 45 heavy (non-hydrogen) atoms. The molecule has 0 bridgehead atoms. The molecule has 0 spiro atoms. The molecule has 0 amide bonds. The number of rotatable bonds is 3. The molecule has 210 valence electrons. The number of fused-ring (bicyclic) bond motifs is 9. The van der Waals surface area contributed by atoms with E-state index in [1.807, 2.05) is 12.1 Å². The number of aromatic nitrogens is 2. The second-order valence-corrected chi connectivity index (χ2v) is 11.7. The van der Waals surface area contributed by atoms with E-state index < -0.39 is 0 Å². The van der Waals surface area contributed by atoms with E-state index >= 15 is 0 Å². The summed E-state index contributed by atoms with van der Waals surface area (Å²) in [5.74, 6) is 0. The molecule has 3 heterocycles. The standard InChI is InChI=1S/C42H26N2O/c1-2-12-28(13-3-1)43-35-19-7-4-14-30(35)34-26-27(24-25-37(34)43)29-17-10-21-38-41(29)33-16-5-8-20-36(33)44(38)39-22-11-18-32-31-15-6-9-23-40(31)45-42(32)39/h1-26H. The van der Waals surface area contributed by atoms with Gasteiger partial charge in [0.25, 0.3) is 0 Å². The predicted octanol–water partition coefficient (Wildman–Crippen LogP) is 11.4. The van der Waals surface area contributed by atoms with Crippen molar-refractivity contribution in [2.24, 2.45) is 0 Å². The Kier molecular flexibility index (Phi) is 5.00. The van der Waals surface area contributed by atoms with Crippen molar-refractivity contribution >= 4 is 65.6 Å². The van der Waals surface area contributed by atoms with Crippen LogP contribution >= 0.6 is 0 Å². The van der Waals surface area contributed by atoms with E-state index in [1.54, 1.807) is 0 Å². The van der Waals surface area contributed by atoms with Crippen molar-refractivity contribution in [3.8, 4) is 22.5 Å². The first kappa shape index (κ1) is 24.4. The van der Waals surface area contributed by atoms with Crippen LogP contribution in [-0.2, 0) is 0 Å². The Bertz CT molecular complexity index is 2760. The average molecular weight is 575 g/mol. The minimum absolute atomic E-state index is 0.905. The number of furan rings is 1. The van der Waals surface area contributed by atoms with Crippen LogP contribution in [0, 0.1) is 0 Å². The zero-order chi connectivity index (χ0) is 29.5. The first-order chi connectivity index (χ1) is 22.3. The number of nitrogens with zero attached hydrogens (tertiary/aromatic N) is 2. The molecule has 0 aliphatic rings. The van der Waals surface area contributed by atoms with E-state index in [0.717, 1.165) is 38.7 Å². The lowest BCUT2D eigenvalue weighted by atomic mass is 9.98. The van der Waals surface area contributed by atoms with Crippen LogP contribution in [-0.4, -0.2) is 9.13 Å². The van der Waals surface area contributed by atoms with E-state index in [1.165, 1.54) is 49.4 Å². The average Bonchev–Trinajstić information content (AvgIpc) is 3.76. The molecule has 0 atom stereocenters. The van der Waals surface area contributed by atoms with Gasteiger partial charge in [0.05, 0.1) is 27.8 Å². The van der Waals surface area contributed by atoms with Gasteiger partial charge in [0, 0.05) is 38.0 Å². The minimum atomic E-state index is 0.905. The van der Waals surface area contributed by atoms with Crippen molar-refractivity contribution in [3.63, 3.8) is 0 Å². The van der Waals surface area contributed by atoms with Gasteiger partial charge >= 0.3 is 0 Å². The molecule has 3 heteroatoms. The molecular formula is C42H26N2O. The highest BCUT2D eigenvalue weighted by Crippen LogP contribution is 2.42. The van der Waals surface area contributed by atoms with Gasteiger partial charge in [-0.1, -0.05) is 103 Å². The Hall–Kier alpha value is -6.06. The quantitative estimate of drug-likeness (QED) is 0.206. The number of benzene rings is 7. The molecule has 0 N–H and O–H groups in total. The van der Waals surface area contributed by atoms with Crippen LogP contribution in [0.1, 0.15) is 0 Å². The highest BCUT2D eigenvalue weighted by molar-refractivity contribution is 6.18. The van der Waals surface area contributed by atoms with Gasteiger partial charge in [0.2, 0.25) is 0 Å². The molecule has 0 fully saturated rings. The highest BCUT2D eigenvalue weighted by Gasteiger charge is 2.20. The summed E-state index contributed by atoms with van der Waals surface area (Å²) < 4.78 is 11.3. The van der Waals surface area contributed by atoms with Gasteiger partial charge < -0.3 is 13.6 Å². The Morgan fingerprint density at radius 2 is 1.04 bits per heavy atom. The van der Waals surface area contributed by atoms with E-state index in [2.05, 4.69) is 155 Å². The zero-order valence-corrected chi connectivity index (χ0v) is 24.3. The maximum atomic E-state index is 6.52. The van der Waals surface area contributed by atoms with Gasteiger partial charge in [-0.15, -0.1) is 0 Å². The highest BCUT2D eigenvalue weighted by atomic mass is 16.3. The third kappa shape index (κ3) is 3.41. The molecule has 0 saturated heterocycles. The maximum Gasteiger partial charge on any atom is 0.159 e. The lowest BCUT2D eigenvalue weighted by Gasteiger charge is -2.10. The zero-order valence-electron chi connectivity index (χ0n) is 24.3. The van der Waals surface area contributed by atoms with Gasteiger partial charge in [-0.05, 0) is 65.7 Å². The van der Waals surface area contributed by atoms with Gasteiger partial charge in [0.1, 0.15) is 5.58 Å². The lowest BCUT2D eigenvalue weighted by Crippen LogP contribution is -1.94. The van der Waals surface area contributed by atoms with Gasteiger partial charge in [-0.3, -0.25) is 0 Å². The first-order valence-corrected chi connectivity index (χ1v) is 15.4. The summed E-state index contributed by atoms with van der Waals surface area (Å²) in [7, 11) is 0. The van der Waals surface area contributed by atoms with Crippen molar-refractivity contribution < 1.29 is 4.42 Å². The third-order valence-electron chi connectivity index (χ3n) is 9.32. The van der Waals surface area contributed by atoms with Crippen molar-refractivity contribution in [2.45, 2.75) is 0 Å². The third-order valence-corrected chi connectivity index (χ3v) is 9.32. The fourth-order valence-electron chi connectivity index (χ4n) is 7.42. The molecule has 10 rings (SSSR count). The normalized spacial score (nSPS) is 12.0. The molecule has 0 aliphatic carbocycles. The van der Waals surface area contributed by atoms with Gasteiger partial charge in [-0.2, -0.15) is 0 Å². The Morgan fingerprint density at radius 3 is 1.91 bits per heavy atom. The summed E-state index contributed by atoms with van der Waals surface area (Å²) in [5, 5.41) is 7.24. The largest absolute Gasteiger partial charge is 0.454 e. The summed E-state index contributed by atoms with van der Waals surface area (Å²) in [6.07, 6.45) is 0. The van der Waals surface area contributed by atoms with E-state index in [-0.39, 0.29) is 0 Å². The molecular weight excluding hydrogens is 548 g/mol. The molecule has 0 saturated carbocycles. The number of hydrogen-bond acceptors (Lipinski definition) is 1. The second-order valence-electron chi connectivity index (χ2n) is 11.7. The molecule has 0 radical (unpaired) electrons. The first-order valence-electron chi connectivity index (χ1n) is 15.4. The van der Waals surface area contributed by atoms with Crippen LogP contribution in [0.15, 0.2) is 162 Å². The van der Waals surface area contributed by atoms with Crippen molar-refractivity contribution in [1.82, 2.24) is 9.13 Å². The molecule has 3 aromatic heterocycles. The fourth-order valence-corrected chi connectivity index (χ4v) is 7.42. The molecule has 0 unspecified atom stereocenters. The van der Waals surface area contributed by atoms with Crippen LogP contribution < -0.4 is 0 Å². The Labute approximate surface area is 258 Å². The molecule has 3 nitrogen and oxygen atoms in total. The molecule has 10 aromatic rings. The summed E-state index contributed by atoms with van der Waals surface area (Å²) in [4.78, 5) is 0. The smallest absolute Gasteiger partial charge is 0.159 e. The summed E-state index contributed by atoms with van der Waals surface area (Å²) in [6, 6.07) is 56.5. The van der Waals surface area contributed by atoms with Crippen LogP contribution in [0.2, 0.25) is 0 Å². The Balaban J connectivity index is 1.27. The van der Waals surface area contributed by atoms with Gasteiger partial charge in [-0.25, -0.2) is 0 Å². The minimum Gasteiger partial charge on any atom is -0.454 e. The summed E-state index contributed by atoms with van der Waals surface area (Å²) in [5.41, 5.74) is 11.2. The van der Waals surface area contributed by atoms with E-state index in [0.29, 0.717) is 0 Å². The van der Waals surface area contributed by atoms with Crippen molar-refractivity contribution in [3.05, 3.63) is 158 Å². The number of hydrogen-bond donors (Lipinski definition) is 0. The lowest BCUT2D eigenvalue weighted by molar-refractivity contribution is 0.666. The van der Waals surface area contributed by atoms with Crippen LogP contribution in [0.3, 0.4) is 0 Å². The monoisotopic (exact) mass is 574 g/mol. The van der Waals surface area contributed by atoms with Crippen LogP contribution in [0.5, 0.6) is 0 Å². The van der Waals surface area contributed by atoms with Gasteiger partial charge in [0.15, 0.2) is 5.58 Å². The Morgan fingerprint density at radius 1 is 0.400 bits per heavy atom. The topological polar surface area (TPSA) is 23.0 Å². The van der Waals surface area contributed by atoms with Crippen molar-refractivity contribution in [2.75, 3.05) is 0 Å². The van der Waals surface area contributed by atoms with Crippen LogP contribution in [0.4, 0.5) is 0 Å². The second kappa shape index (κ2) is 9.22. The summed E-state index contributed by atoms with van der Waals surface area (Å²) >= 11 is 0. The fraction of sp³-hybridized carbons (Fsp3) is 0.